The number of carbonyl (C=O) groups excluding carboxylic acids is 3. The Morgan fingerprint density at radius 2 is 2.16 bits per heavy atom. The van der Waals surface area contributed by atoms with Crippen LogP contribution in [0, 0.1) is 5.92 Å². The van der Waals surface area contributed by atoms with Gasteiger partial charge in [0.1, 0.15) is 6.54 Å². The summed E-state index contributed by atoms with van der Waals surface area (Å²) in [5.74, 6) is -0.757. The van der Waals surface area contributed by atoms with E-state index in [1.165, 1.54) is 4.90 Å². The number of nitrogens with zero attached hydrogens (tertiary/aromatic N) is 1. The minimum atomic E-state index is -0.399. The molecule has 6 heteroatoms. The molecule has 1 unspecified atom stereocenters. The molecule has 6 nitrogen and oxygen atoms in total. The molecule has 0 aromatic carbocycles. The fourth-order valence-corrected chi connectivity index (χ4v) is 2.04. The highest BCUT2D eigenvalue weighted by Gasteiger charge is 2.30. The van der Waals surface area contributed by atoms with Crippen LogP contribution in [0.3, 0.4) is 0 Å². The van der Waals surface area contributed by atoms with Gasteiger partial charge in [-0.05, 0) is 27.2 Å². The lowest BCUT2D eigenvalue weighted by molar-refractivity contribution is -0.152. The number of hydrogen-bond acceptors (Lipinski definition) is 4. The summed E-state index contributed by atoms with van der Waals surface area (Å²) in [6.45, 7) is 6.07. The summed E-state index contributed by atoms with van der Waals surface area (Å²) < 4.78 is 4.87. The Bertz CT molecular complexity index is 345. The maximum absolute atomic E-state index is 12.4. The summed E-state index contributed by atoms with van der Waals surface area (Å²) in [5, 5.41) is 2.68. The zero-order valence-corrected chi connectivity index (χ0v) is 11.8. The molecule has 1 aliphatic heterocycles. The van der Waals surface area contributed by atoms with Gasteiger partial charge in [0.05, 0.1) is 12.5 Å². The van der Waals surface area contributed by atoms with E-state index >= 15 is 0 Å². The maximum Gasteiger partial charge on any atom is 0.325 e. The zero-order chi connectivity index (χ0) is 14.4. The second-order valence-electron chi connectivity index (χ2n) is 4.90. The van der Waals surface area contributed by atoms with Gasteiger partial charge in [0.2, 0.25) is 11.8 Å². The summed E-state index contributed by atoms with van der Waals surface area (Å²) in [4.78, 5) is 36.5. The minimum Gasteiger partial charge on any atom is -0.465 e. The number of carbonyl (C=O) groups is 3. The third kappa shape index (κ3) is 4.54. The first kappa shape index (κ1) is 15.5. The Hall–Kier alpha value is -1.59. The molecule has 108 valence electrons. The van der Waals surface area contributed by atoms with Gasteiger partial charge in [-0.1, -0.05) is 0 Å². The van der Waals surface area contributed by atoms with E-state index in [1.807, 2.05) is 13.8 Å². The summed E-state index contributed by atoms with van der Waals surface area (Å²) >= 11 is 0. The lowest BCUT2D eigenvalue weighted by Crippen LogP contribution is -2.49. The van der Waals surface area contributed by atoms with E-state index < -0.39 is 5.97 Å². The molecular formula is C13H22N2O4. The summed E-state index contributed by atoms with van der Waals surface area (Å²) in [6.07, 6.45) is 0.901. The second kappa shape index (κ2) is 7.11. The third-order valence-corrected chi connectivity index (χ3v) is 3.13. The van der Waals surface area contributed by atoms with Crippen LogP contribution in [0.25, 0.3) is 0 Å². The molecule has 0 aromatic rings. The summed E-state index contributed by atoms with van der Waals surface area (Å²) in [5.41, 5.74) is 0. The van der Waals surface area contributed by atoms with Gasteiger partial charge < -0.3 is 15.0 Å². The second-order valence-corrected chi connectivity index (χ2v) is 4.90. The van der Waals surface area contributed by atoms with Crippen molar-refractivity contribution in [2.75, 3.05) is 19.7 Å². The average molecular weight is 270 g/mol. The van der Waals surface area contributed by atoms with Gasteiger partial charge in [-0.25, -0.2) is 0 Å². The number of esters is 1. The first-order valence-electron chi connectivity index (χ1n) is 6.68. The fourth-order valence-electron chi connectivity index (χ4n) is 2.04. The van der Waals surface area contributed by atoms with Gasteiger partial charge in [0.15, 0.2) is 0 Å². The highest BCUT2D eigenvalue weighted by Crippen LogP contribution is 2.16. The monoisotopic (exact) mass is 270 g/mol. The molecule has 1 aliphatic rings. The molecule has 0 bridgehead atoms. The average Bonchev–Trinajstić information content (AvgIpc) is 2.36. The van der Waals surface area contributed by atoms with Crippen molar-refractivity contribution >= 4 is 17.8 Å². The molecule has 0 saturated carbocycles. The number of amides is 2. The molecule has 0 spiro atoms. The Labute approximate surface area is 113 Å². The fraction of sp³-hybridized carbons (Fsp3) is 0.769. The Morgan fingerprint density at radius 3 is 2.63 bits per heavy atom. The summed E-state index contributed by atoms with van der Waals surface area (Å²) in [6, 6.07) is -0.0745. The molecule has 0 radical (unpaired) electrons. The van der Waals surface area contributed by atoms with Crippen molar-refractivity contribution in [3.8, 4) is 0 Å². The van der Waals surface area contributed by atoms with Crippen LogP contribution in [0.5, 0.6) is 0 Å². The maximum atomic E-state index is 12.4. The van der Waals surface area contributed by atoms with Crippen LogP contribution >= 0.6 is 0 Å². The van der Waals surface area contributed by atoms with Gasteiger partial charge in [0.25, 0.3) is 0 Å². The van der Waals surface area contributed by atoms with Crippen LogP contribution in [-0.2, 0) is 19.1 Å². The van der Waals surface area contributed by atoms with E-state index in [1.54, 1.807) is 6.92 Å². The molecule has 1 fully saturated rings. The summed E-state index contributed by atoms with van der Waals surface area (Å²) in [7, 11) is 0. The topological polar surface area (TPSA) is 75.7 Å². The van der Waals surface area contributed by atoms with Crippen molar-refractivity contribution < 1.29 is 19.1 Å². The molecule has 0 aliphatic carbocycles. The van der Waals surface area contributed by atoms with Crippen molar-refractivity contribution in [1.29, 1.82) is 0 Å². The van der Waals surface area contributed by atoms with Crippen LogP contribution in [0.2, 0.25) is 0 Å². The van der Waals surface area contributed by atoms with E-state index in [4.69, 9.17) is 4.74 Å². The first-order chi connectivity index (χ1) is 8.95. The van der Waals surface area contributed by atoms with Gasteiger partial charge in [-0.15, -0.1) is 0 Å². The van der Waals surface area contributed by atoms with Gasteiger partial charge >= 0.3 is 5.97 Å². The van der Waals surface area contributed by atoms with E-state index in [0.717, 1.165) is 0 Å². The van der Waals surface area contributed by atoms with Gasteiger partial charge in [-0.2, -0.15) is 0 Å². The van der Waals surface area contributed by atoms with E-state index in [9.17, 15) is 14.4 Å². The SMILES string of the molecule is CCOC(=O)CN(C(=O)C1CCC(=O)NC1)C(C)C. The standard InChI is InChI=1S/C13H22N2O4/c1-4-19-12(17)8-15(9(2)3)13(18)10-5-6-11(16)14-7-10/h9-10H,4-8H2,1-3H3,(H,14,16). The predicted octanol–water partition coefficient (Wildman–Crippen LogP) is 0.313. The quantitative estimate of drug-likeness (QED) is 0.730. The van der Waals surface area contributed by atoms with Crippen LogP contribution in [0.1, 0.15) is 33.6 Å². The molecule has 1 atom stereocenters. The molecule has 1 rings (SSSR count). The van der Waals surface area contributed by atoms with Crippen molar-refractivity contribution in [3.63, 3.8) is 0 Å². The van der Waals surface area contributed by atoms with Gasteiger partial charge in [0, 0.05) is 19.0 Å². The molecule has 1 N–H and O–H groups in total. The lowest BCUT2D eigenvalue weighted by Gasteiger charge is -2.31. The highest BCUT2D eigenvalue weighted by molar-refractivity contribution is 5.86. The van der Waals surface area contributed by atoms with Crippen molar-refractivity contribution in [2.24, 2.45) is 5.92 Å². The van der Waals surface area contributed by atoms with E-state index in [0.29, 0.717) is 26.0 Å². The highest BCUT2D eigenvalue weighted by atomic mass is 16.5. The number of nitrogens with one attached hydrogen (secondary N) is 1. The van der Waals surface area contributed by atoms with E-state index in [2.05, 4.69) is 5.32 Å². The number of ether oxygens (including phenoxy) is 1. The van der Waals surface area contributed by atoms with Gasteiger partial charge in [-0.3, -0.25) is 14.4 Å². The van der Waals surface area contributed by atoms with Crippen molar-refractivity contribution in [1.82, 2.24) is 10.2 Å². The lowest BCUT2D eigenvalue weighted by atomic mass is 9.97. The molecular weight excluding hydrogens is 248 g/mol. The van der Waals surface area contributed by atoms with Crippen LogP contribution in [0.4, 0.5) is 0 Å². The van der Waals surface area contributed by atoms with E-state index in [-0.39, 0.29) is 30.3 Å². The van der Waals surface area contributed by atoms with Crippen molar-refractivity contribution in [3.05, 3.63) is 0 Å². The predicted molar refractivity (Wildman–Crippen MR) is 69.2 cm³/mol. The number of rotatable bonds is 5. The smallest absolute Gasteiger partial charge is 0.325 e. The van der Waals surface area contributed by atoms with Crippen LogP contribution in [-0.4, -0.2) is 48.4 Å². The number of hydrogen-bond donors (Lipinski definition) is 1. The normalized spacial score (nSPS) is 18.9. The molecule has 0 aromatic heterocycles. The van der Waals surface area contributed by atoms with Crippen LogP contribution in [0.15, 0.2) is 0 Å². The molecule has 1 saturated heterocycles. The Morgan fingerprint density at radius 1 is 1.47 bits per heavy atom. The van der Waals surface area contributed by atoms with Crippen LogP contribution < -0.4 is 5.32 Å². The minimum absolute atomic E-state index is 0.0226. The Balaban J connectivity index is 2.62. The zero-order valence-electron chi connectivity index (χ0n) is 11.8. The first-order valence-corrected chi connectivity index (χ1v) is 6.68. The third-order valence-electron chi connectivity index (χ3n) is 3.13. The molecule has 2 amide bonds. The number of piperidine rings is 1. The molecule has 1 heterocycles. The largest absolute Gasteiger partial charge is 0.465 e. The Kier molecular flexibility index (Phi) is 5.79. The van der Waals surface area contributed by atoms with Crippen molar-refractivity contribution in [2.45, 2.75) is 39.7 Å². The molecule has 19 heavy (non-hydrogen) atoms.